The molecule has 1 saturated carbocycles. The van der Waals surface area contributed by atoms with Gasteiger partial charge in [0.2, 0.25) is 5.91 Å². The summed E-state index contributed by atoms with van der Waals surface area (Å²) < 4.78 is 0. The molecule has 1 rings (SSSR count). The second-order valence-electron chi connectivity index (χ2n) is 5.15. The number of amides is 1. The summed E-state index contributed by atoms with van der Waals surface area (Å²) >= 11 is 0. The van der Waals surface area contributed by atoms with Crippen molar-refractivity contribution >= 4 is 5.91 Å². The van der Waals surface area contributed by atoms with Gasteiger partial charge in [0, 0.05) is 6.04 Å². The third-order valence-corrected chi connectivity index (χ3v) is 3.69. The fraction of sp³-hybridized carbons (Fsp3) is 0.857. The molecule has 0 radical (unpaired) electrons. The molecule has 0 unspecified atom stereocenters. The Morgan fingerprint density at radius 2 is 1.82 bits per heavy atom. The van der Waals surface area contributed by atoms with Gasteiger partial charge in [-0.05, 0) is 25.7 Å². The summed E-state index contributed by atoms with van der Waals surface area (Å²) in [5.74, 6) is -0.0319. The van der Waals surface area contributed by atoms with E-state index in [1.165, 1.54) is 12.8 Å². The molecule has 0 aromatic carbocycles. The zero-order valence-electron chi connectivity index (χ0n) is 11.1. The first kappa shape index (κ1) is 14.0. The highest BCUT2D eigenvalue weighted by Gasteiger charge is 2.38. The molecule has 1 aliphatic carbocycles. The SMILES string of the molecule is CCCC(C#N)(CCC)C(=O)NC1CCCC1. The van der Waals surface area contributed by atoms with Gasteiger partial charge in [-0.15, -0.1) is 0 Å². The molecule has 1 fully saturated rings. The summed E-state index contributed by atoms with van der Waals surface area (Å²) in [5.41, 5.74) is -0.786. The molecule has 0 spiro atoms. The first-order valence-corrected chi connectivity index (χ1v) is 6.90. The minimum Gasteiger partial charge on any atom is -0.352 e. The zero-order valence-corrected chi connectivity index (χ0v) is 11.1. The number of nitrogens with zero attached hydrogens (tertiary/aromatic N) is 1. The summed E-state index contributed by atoms with van der Waals surface area (Å²) in [5, 5.41) is 12.5. The number of nitrogens with one attached hydrogen (secondary N) is 1. The van der Waals surface area contributed by atoms with Crippen molar-refractivity contribution in [3.63, 3.8) is 0 Å². The van der Waals surface area contributed by atoms with Gasteiger partial charge in [-0.25, -0.2) is 0 Å². The monoisotopic (exact) mass is 236 g/mol. The van der Waals surface area contributed by atoms with Crippen molar-refractivity contribution in [3.05, 3.63) is 0 Å². The molecule has 0 aliphatic heterocycles. The maximum Gasteiger partial charge on any atom is 0.240 e. The molecule has 1 aliphatic rings. The van der Waals surface area contributed by atoms with Gasteiger partial charge < -0.3 is 5.32 Å². The number of hydrogen-bond donors (Lipinski definition) is 1. The third kappa shape index (κ3) is 3.46. The minimum absolute atomic E-state index is 0.0319. The molecule has 3 heteroatoms. The van der Waals surface area contributed by atoms with Crippen LogP contribution in [0.4, 0.5) is 0 Å². The average Bonchev–Trinajstić information content (AvgIpc) is 2.81. The molecule has 17 heavy (non-hydrogen) atoms. The number of hydrogen-bond acceptors (Lipinski definition) is 2. The van der Waals surface area contributed by atoms with Crippen molar-refractivity contribution in [3.8, 4) is 6.07 Å². The first-order chi connectivity index (χ1) is 8.18. The van der Waals surface area contributed by atoms with Crippen LogP contribution in [0.25, 0.3) is 0 Å². The minimum atomic E-state index is -0.786. The predicted octanol–water partition coefficient (Wildman–Crippen LogP) is 3.16. The van der Waals surface area contributed by atoms with Crippen LogP contribution in [0.2, 0.25) is 0 Å². The second kappa shape index (κ2) is 6.64. The largest absolute Gasteiger partial charge is 0.352 e. The predicted molar refractivity (Wildman–Crippen MR) is 68.3 cm³/mol. The van der Waals surface area contributed by atoms with E-state index in [9.17, 15) is 10.1 Å². The molecule has 0 atom stereocenters. The van der Waals surface area contributed by atoms with Crippen LogP contribution in [0.15, 0.2) is 0 Å². The number of rotatable bonds is 6. The van der Waals surface area contributed by atoms with Crippen molar-refractivity contribution in [1.82, 2.24) is 5.32 Å². The molecule has 0 aromatic rings. The molecule has 0 bridgehead atoms. The Balaban J connectivity index is 2.67. The van der Waals surface area contributed by atoms with Crippen LogP contribution in [0.3, 0.4) is 0 Å². The quantitative estimate of drug-likeness (QED) is 0.770. The van der Waals surface area contributed by atoms with Crippen molar-refractivity contribution in [1.29, 1.82) is 5.26 Å². The lowest BCUT2D eigenvalue weighted by Crippen LogP contribution is -2.44. The van der Waals surface area contributed by atoms with E-state index < -0.39 is 5.41 Å². The van der Waals surface area contributed by atoms with Crippen molar-refractivity contribution in [2.45, 2.75) is 71.3 Å². The molecular formula is C14H24N2O. The summed E-state index contributed by atoms with van der Waals surface area (Å²) in [7, 11) is 0. The number of nitriles is 1. The Bertz CT molecular complexity index is 281. The van der Waals surface area contributed by atoms with Gasteiger partial charge in [0.05, 0.1) is 6.07 Å². The van der Waals surface area contributed by atoms with Crippen LogP contribution in [0, 0.1) is 16.7 Å². The van der Waals surface area contributed by atoms with Crippen molar-refractivity contribution in [2.24, 2.45) is 5.41 Å². The molecule has 0 heterocycles. The van der Waals surface area contributed by atoms with Gasteiger partial charge in [-0.1, -0.05) is 39.5 Å². The van der Waals surface area contributed by atoms with E-state index in [0.29, 0.717) is 18.9 Å². The Morgan fingerprint density at radius 1 is 1.29 bits per heavy atom. The van der Waals surface area contributed by atoms with E-state index in [2.05, 4.69) is 11.4 Å². The van der Waals surface area contributed by atoms with Gasteiger partial charge in [0.1, 0.15) is 5.41 Å². The van der Waals surface area contributed by atoms with Crippen LogP contribution in [0.1, 0.15) is 65.2 Å². The third-order valence-electron chi connectivity index (χ3n) is 3.69. The summed E-state index contributed by atoms with van der Waals surface area (Å²) in [6, 6.07) is 2.59. The molecular weight excluding hydrogens is 212 g/mol. The highest BCUT2D eigenvalue weighted by molar-refractivity contribution is 5.85. The number of carbonyl (C=O) groups is 1. The van der Waals surface area contributed by atoms with E-state index in [0.717, 1.165) is 25.7 Å². The highest BCUT2D eigenvalue weighted by atomic mass is 16.2. The average molecular weight is 236 g/mol. The Labute approximate surface area is 105 Å². The van der Waals surface area contributed by atoms with Crippen molar-refractivity contribution in [2.75, 3.05) is 0 Å². The van der Waals surface area contributed by atoms with Crippen LogP contribution >= 0.6 is 0 Å². The molecule has 0 saturated heterocycles. The van der Waals surface area contributed by atoms with E-state index in [1.54, 1.807) is 0 Å². The molecule has 96 valence electrons. The Hall–Kier alpha value is -1.04. The van der Waals surface area contributed by atoms with E-state index in [-0.39, 0.29) is 5.91 Å². The van der Waals surface area contributed by atoms with Crippen molar-refractivity contribution < 1.29 is 4.79 Å². The maximum atomic E-state index is 12.3. The van der Waals surface area contributed by atoms with Gasteiger partial charge in [0.25, 0.3) is 0 Å². The van der Waals surface area contributed by atoms with E-state index in [1.807, 2.05) is 13.8 Å². The van der Waals surface area contributed by atoms with Gasteiger partial charge in [0.15, 0.2) is 0 Å². The first-order valence-electron chi connectivity index (χ1n) is 6.90. The van der Waals surface area contributed by atoms with Crippen LogP contribution in [-0.4, -0.2) is 11.9 Å². The fourth-order valence-corrected chi connectivity index (χ4v) is 2.76. The van der Waals surface area contributed by atoms with Crippen LogP contribution in [0.5, 0.6) is 0 Å². The van der Waals surface area contributed by atoms with Gasteiger partial charge in [-0.3, -0.25) is 4.79 Å². The number of carbonyl (C=O) groups excluding carboxylic acids is 1. The summed E-state index contributed by atoms with van der Waals surface area (Å²) in [6.45, 7) is 4.06. The molecule has 0 aromatic heterocycles. The van der Waals surface area contributed by atoms with Crippen LogP contribution < -0.4 is 5.32 Å². The van der Waals surface area contributed by atoms with E-state index in [4.69, 9.17) is 0 Å². The molecule has 1 N–H and O–H groups in total. The maximum absolute atomic E-state index is 12.3. The highest BCUT2D eigenvalue weighted by Crippen LogP contribution is 2.30. The lowest BCUT2D eigenvalue weighted by molar-refractivity contribution is -0.129. The van der Waals surface area contributed by atoms with E-state index >= 15 is 0 Å². The molecule has 1 amide bonds. The topological polar surface area (TPSA) is 52.9 Å². The molecule has 3 nitrogen and oxygen atoms in total. The summed E-state index contributed by atoms with van der Waals surface area (Å²) in [4.78, 5) is 12.3. The smallest absolute Gasteiger partial charge is 0.240 e. The Kier molecular flexibility index (Phi) is 5.47. The lowest BCUT2D eigenvalue weighted by Gasteiger charge is -2.26. The van der Waals surface area contributed by atoms with Crippen LogP contribution in [-0.2, 0) is 4.79 Å². The normalized spacial score (nSPS) is 16.8. The lowest BCUT2D eigenvalue weighted by atomic mass is 9.79. The zero-order chi connectivity index (χ0) is 12.7. The van der Waals surface area contributed by atoms with Gasteiger partial charge >= 0.3 is 0 Å². The fourth-order valence-electron chi connectivity index (χ4n) is 2.76. The van der Waals surface area contributed by atoms with Gasteiger partial charge in [-0.2, -0.15) is 5.26 Å². The second-order valence-corrected chi connectivity index (χ2v) is 5.15. The summed E-state index contributed by atoms with van der Waals surface area (Å²) in [6.07, 6.45) is 7.66. The standard InChI is InChI=1S/C14H24N2O/c1-3-9-14(11-15,10-4-2)13(17)16-12-7-5-6-8-12/h12H,3-10H2,1-2H3,(H,16,17). The Morgan fingerprint density at radius 3 is 2.24 bits per heavy atom.